The normalized spacial score (nSPS) is 26.3. The van der Waals surface area contributed by atoms with E-state index in [0.29, 0.717) is 23.7 Å². The second kappa shape index (κ2) is 6.19. The molecule has 1 aromatic carbocycles. The van der Waals surface area contributed by atoms with Crippen LogP contribution in [-0.2, 0) is 9.84 Å². The van der Waals surface area contributed by atoms with Gasteiger partial charge in [-0.2, -0.15) is 5.26 Å². The first-order valence-electron chi connectivity index (χ1n) is 7.61. The summed E-state index contributed by atoms with van der Waals surface area (Å²) in [6.45, 7) is 5.82. The van der Waals surface area contributed by atoms with Crippen LogP contribution in [0.5, 0.6) is 0 Å². The van der Waals surface area contributed by atoms with Gasteiger partial charge in [-0.3, -0.25) is 0 Å². The lowest BCUT2D eigenvalue weighted by Gasteiger charge is -2.32. The quantitative estimate of drug-likeness (QED) is 0.853. The molecular formula is C17H23NO2S. The van der Waals surface area contributed by atoms with Gasteiger partial charge in [-0.25, -0.2) is 8.42 Å². The first kappa shape index (κ1) is 16.0. The van der Waals surface area contributed by atoms with Gasteiger partial charge in [0.05, 0.1) is 22.1 Å². The van der Waals surface area contributed by atoms with Crippen molar-refractivity contribution in [2.45, 2.75) is 56.6 Å². The molecule has 1 saturated carbocycles. The number of rotatable bonds is 3. The van der Waals surface area contributed by atoms with Crippen molar-refractivity contribution in [3.05, 3.63) is 29.3 Å². The number of sulfone groups is 1. The molecule has 3 unspecified atom stereocenters. The Balaban J connectivity index is 2.45. The Morgan fingerprint density at radius 1 is 1.29 bits per heavy atom. The van der Waals surface area contributed by atoms with Crippen molar-refractivity contribution in [1.29, 1.82) is 5.26 Å². The van der Waals surface area contributed by atoms with Crippen LogP contribution in [0, 0.1) is 37.0 Å². The van der Waals surface area contributed by atoms with E-state index in [1.54, 1.807) is 6.07 Å². The zero-order valence-corrected chi connectivity index (χ0v) is 13.8. The molecule has 4 heteroatoms. The predicted octanol–water partition coefficient (Wildman–Crippen LogP) is 3.80. The monoisotopic (exact) mass is 305 g/mol. The lowest BCUT2D eigenvalue weighted by Crippen LogP contribution is -2.35. The van der Waals surface area contributed by atoms with Crippen molar-refractivity contribution in [1.82, 2.24) is 0 Å². The maximum atomic E-state index is 13.0. The molecule has 114 valence electrons. The van der Waals surface area contributed by atoms with Gasteiger partial charge in [0.15, 0.2) is 9.84 Å². The summed E-state index contributed by atoms with van der Waals surface area (Å²) >= 11 is 0. The molecule has 1 aliphatic rings. The fourth-order valence-corrected chi connectivity index (χ4v) is 5.60. The molecule has 0 spiro atoms. The van der Waals surface area contributed by atoms with Crippen molar-refractivity contribution >= 4 is 9.84 Å². The predicted molar refractivity (Wildman–Crippen MR) is 83.6 cm³/mol. The number of hydrogen-bond donors (Lipinski definition) is 0. The minimum atomic E-state index is -3.44. The number of nitriles is 1. The number of hydrogen-bond acceptors (Lipinski definition) is 3. The second-order valence-electron chi connectivity index (χ2n) is 6.18. The molecule has 0 heterocycles. The third-order valence-corrected chi connectivity index (χ3v) is 7.06. The number of benzene rings is 1. The topological polar surface area (TPSA) is 57.9 Å². The first-order chi connectivity index (χ1) is 9.90. The Kier molecular flexibility index (Phi) is 4.73. The van der Waals surface area contributed by atoms with Gasteiger partial charge >= 0.3 is 0 Å². The molecule has 21 heavy (non-hydrogen) atoms. The van der Waals surface area contributed by atoms with Crippen LogP contribution in [0.15, 0.2) is 23.1 Å². The van der Waals surface area contributed by atoms with E-state index in [0.717, 1.165) is 24.0 Å². The SMILES string of the molecule is CCC1CCC(C#N)C(S(=O)(=O)c2cc(C)ccc2C)C1. The number of aryl methyl sites for hydroxylation is 2. The Hall–Kier alpha value is -1.34. The molecule has 1 aromatic rings. The van der Waals surface area contributed by atoms with Gasteiger partial charge in [-0.05, 0) is 56.2 Å². The second-order valence-corrected chi connectivity index (χ2v) is 8.31. The summed E-state index contributed by atoms with van der Waals surface area (Å²) < 4.78 is 26.1. The van der Waals surface area contributed by atoms with Gasteiger partial charge in [0.25, 0.3) is 0 Å². The maximum absolute atomic E-state index is 13.0. The summed E-state index contributed by atoms with van der Waals surface area (Å²) in [5.74, 6) is 0.0391. The van der Waals surface area contributed by atoms with E-state index >= 15 is 0 Å². The van der Waals surface area contributed by atoms with Crippen LogP contribution in [-0.4, -0.2) is 13.7 Å². The average molecular weight is 305 g/mol. The van der Waals surface area contributed by atoms with Crippen LogP contribution in [0.4, 0.5) is 0 Å². The fraction of sp³-hybridized carbons (Fsp3) is 0.588. The molecule has 1 fully saturated rings. The van der Waals surface area contributed by atoms with Crippen LogP contribution in [0.1, 0.15) is 43.7 Å². The lowest BCUT2D eigenvalue weighted by molar-refractivity contribution is 0.308. The van der Waals surface area contributed by atoms with Crippen molar-refractivity contribution in [2.24, 2.45) is 11.8 Å². The largest absolute Gasteiger partial charge is 0.223 e. The maximum Gasteiger partial charge on any atom is 0.182 e. The fourth-order valence-electron chi connectivity index (χ4n) is 3.25. The summed E-state index contributed by atoms with van der Waals surface area (Å²) in [6, 6.07) is 7.75. The van der Waals surface area contributed by atoms with Gasteiger partial charge < -0.3 is 0 Å². The van der Waals surface area contributed by atoms with E-state index in [1.165, 1.54) is 0 Å². The van der Waals surface area contributed by atoms with Gasteiger partial charge in [0, 0.05) is 0 Å². The standard InChI is InChI=1S/C17H23NO2S/c1-4-14-7-8-15(11-18)17(10-14)21(19,20)16-9-12(2)5-6-13(16)3/h5-6,9,14-15,17H,4,7-8,10H2,1-3H3. The van der Waals surface area contributed by atoms with E-state index < -0.39 is 15.1 Å². The summed E-state index contributed by atoms with van der Waals surface area (Å²) in [5, 5.41) is 8.79. The van der Waals surface area contributed by atoms with E-state index in [2.05, 4.69) is 13.0 Å². The van der Waals surface area contributed by atoms with Crippen LogP contribution < -0.4 is 0 Å². The molecule has 1 aliphatic carbocycles. The van der Waals surface area contributed by atoms with Crippen LogP contribution in [0.25, 0.3) is 0 Å². The minimum Gasteiger partial charge on any atom is -0.223 e. The van der Waals surface area contributed by atoms with Gasteiger partial charge in [0.2, 0.25) is 0 Å². The Bertz CT molecular complexity index is 658. The Morgan fingerprint density at radius 3 is 2.62 bits per heavy atom. The van der Waals surface area contributed by atoms with Crippen LogP contribution in [0.2, 0.25) is 0 Å². The lowest BCUT2D eigenvalue weighted by atomic mass is 9.81. The Morgan fingerprint density at radius 2 is 2.00 bits per heavy atom. The van der Waals surface area contributed by atoms with Crippen molar-refractivity contribution in [3.63, 3.8) is 0 Å². The highest BCUT2D eigenvalue weighted by atomic mass is 32.2. The smallest absolute Gasteiger partial charge is 0.182 e. The van der Waals surface area contributed by atoms with E-state index in [-0.39, 0.29) is 5.92 Å². The summed E-state index contributed by atoms with van der Waals surface area (Å²) in [6.07, 6.45) is 3.26. The van der Waals surface area contributed by atoms with Gasteiger partial charge in [-0.15, -0.1) is 0 Å². The van der Waals surface area contributed by atoms with Crippen molar-refractivity contribution in [2.75, 3.05) is 0 Å². The number of nitrogens with zero attached hydrogens (tertiary/aromatic N) is 1. The highest BCUT2D eigenvalue weighted by Crippen LogP contribution is 2.38. The molecule has 0 aliphatic heterocycles. The summed E-state index contributed by atoms with van der Waals surface area (Å²) in [5.41, 5.74) is 1.71. The minimum absolute atomic E-state index is 0.377. The zero-order chi connectivity index (χ0) is 15.6. The van der Waals surface area contributed by atoms with Gasteiger partial charge in [-0.1, -0.05) is 25.5 Å². The summed E-state index contributed by atoms with van der Waals surface area (Å²) in [7, 11) is -3.44. The molecule has 0 aromatic heterocycles. The van der Waals surface area contributed by atoms with E-state index in [9.17, 15) is 13.7 Å². The average Bonchev–Trinajstić information content (AvgIpc) is 2.48. The molecular weight excluding hydrogens is 282 g/mol. The molecule has 3 atom stereocenters. The van der Waals surface area contributed by atoms with Crippen LogP contribution >= 0.6 is 0 Å². The third kappa shape index (κ3) is 3.13. The summed E-state index contributed by atoms with van der Waals surface area (Å²) in [4.78, 5) is 0.407. The molecule has 0 saturated heterocycles. The molecule has 0 amide bonds. The van der Waals surface area contributed by atoms with E-state index in [1.807, 2.05) is 26.0 Å². The zero-order valence-electron chi connectivity index (χ0n) is 13.0. The molecule has 2 rings (SSSR count). The molecule has 0 bridgehead atoms. The highest BCUT2D eigenvalue weighted by molar-refractivity contribution is 7.92. The van der Waals surface area contributed by atoms with Crippen molar-refractivity contribution < 1.29 is 8.42 Å². The first-order valence-corrected chi connectivity index (χ1v) is 9.15. The van der Waals surface area contributed by atoms with E-state index in [4.69, 9.17) is 0 Å². The third-order valence-electron chi connectivity index (χ3n) is 4.69. The van der Waals surface area contributed by atoms with Crippen LogP contribution in [0.3, 0.4) is 0 Å². The Labute approximate surface area is 127 Å². The molecule has 0 N–H and O–H groups in total. The molecule has 3 nitrogen and oxygen atoms in total. The highest BCUT2D eigenvalue weighted by Gasteiger charge is 2.40. The molecule has 0 radical (unpaired) electrons. The van der Waals surface area contributed by atoms with Crippen molar-refractivity contribution in [3.8, 4) is 6.07 Å². The van der Waals surface area contributed by atoms with Gasteiger partial charge in [0.1, 0.15) is 0 Å².